The lowest BCUT2D eigenvalue weighted by molar-refractivity contribution is -0.134. The number of amides is 1. The lowest BCUT2D eigenvalue weighted by atomic mass is 9.92. The Morgan fingerprint density at radius 3 is 3.00 bits per heavy atom. The van der Waals surface area contributed by atoms with Crippen LogP contribution in [0, 0.1) is 0 Å². The average Bonchev–Trinajstić information content (AvgIpc) is 2.19. The topological polar surface area (TPSA) is 56.7 Å². The molecule has 0 spiro atoms. The van der Waals surface area contributed by atoms with Crippen LogP contribution in [-0.2, 0) is 4.79 Å². The number of hydrogen-bond donors (Lipinski definition) is 0. The first-order valence-corrected chi connectivity index (χ1v) is 4.85. The normalized spacial score (nSPS) is 28.3. The predicted molar refractivity (Wildman–Crippen MR) is 47.2 cm³/mol. The summed E-state index contributed by atoms with van der Waals surface area (Å²) in [7, 11) is 0. The van der Waals surface area contributed by atoms with E-state index in [-0.39, 0.29) is 5.91 Å². The fourth-order valence-electron chi connectivity index (χ4n) is 2.24. The van der Waals surface area contributed by atoms with Gasteiger partial charge >= 0.3 is 11.6 Å². The maximum absolute atomic E-state index is 11.6. The highest BCUT2D eigenvalue weighted by molar-refractivity contribution is 6.36. The molecular formula is C9H13N3O. The van der Waals surface area contributed by atoms with Crippen molar-refractivity contribution >= 4 is 11.6 Å². The summed E-state index contributed by atoms with van der Waals surface area (Å²) in [5.41, 5.74) is 8.92. The molecule has 4 heteroatoms. The highest BCUT2D eigenvalue weighted by Gasteiger charge is 2.38. The van der Waals surface area contributed by atoms with Gasteiger partial charge in [0, 0.05) is 12.6 Å². The van der Waals surface area contributed by atoms with Gasteiger partial charge in [-0.1, -0.05) is 0 Å². The minimum absolute atomic E-state index is 0.0570. The van der Waals surface area contributed by atoms with E-state index in [1.165, 1.54) is 6.42 Å². The monoisotopic (exact) mass is 179 g/mol. The van der Waals surface area contributed by atoms with Crippen molar-refractivity contribution in [2.24, 2.45) is 0 Å². The SMILES string of the molecule is [N-]=[N+]=C1CC[C@H]2CCCCN2C1=O. The van der Waals surface area contributed by atoms with Gasteiger partial charge in [-0.15, -0.1) is 0 Å². The molecule has 4 nitrogen and oxygen atoms in total. The van der Waals surface area contributed by atoms with Gasteiger partial charge < -0.3 is 10.4 Å². The van der Waals surface area contributed by atoms with Crippen LogP contribution in [0.25, 0.3) is 5.53 Å². The molecule has 13 heavy (non-hydrogen) atoms. The van der Waals surface area contributed by atoms with Crippen LogP contribution >= 0.6 is 0 Å². The summed E-state index contributed by atoms with van der Waals surface area (Å²) in [6.45, 7) is 0.836. The summed E-state index contributed by atoms with van der Waals surface area (Å²) >= 11 is 0. The molecule has 0 radical (unpaired) electrons. The first kappa shape index (κ1) is 8.45. The molecule has 2 heterocycles. The molecule has 70 valence electrons. The van der Waals surface area contributed by atoms with Gasteiger partial charge in [0.1, 0.15) is 0 Å². The van der Waals surface area contributed by atoms with Crippen molar-refractivity contribution in [3.63, 3.8) is 0 Å². The summed E-state index contributed by atoms with van der Waals surface area (Å²) in [5.74, 6) is -0.0570. The number of rotatable bonds is 0. The number of nitrogens with zero attached hydrogens (tertiary/aromatic N) is 3. The third kappa shape index (κ3) is 1.38. The predicted octanol–water partition coefficient (Wildman–Crippen LogP) is 0.832. The second kappa shape index (κ2) is 3.30. The molecule has 0 saturated carbocycles. The van der Waals surface area contributed by atoms with Gasteiger partial charge in [0.05, 0.1) is 6.42 Å². The van der Waals surface area contributed by atoms with Crippen molar-refractivity contribution in [1.29, 1.82) is 0 Å². The summed E-state index contributed by atoms with van der Waals surface area (Å²) in [4.78, 5) is 16.5. The molecule has 1 amide bonds. The molecule has 0 aromatic carbocycles. The highest BCUT2D eigenvalue weighted by Crippen LogP contribution is 2.24. The molecule has 2 rings (SSSR count). The largest absolute Gasteiger partial charge is 0.361 e. The third-order valence-electron chi connectivity index (χ3n) is 2.97. The molecule has 2 saturated heterocycles. The number of carbonyl (C=O) groups excluding carboxylic acids is 1. The molecule has 0 aliphatic carbocycles. The smallest absolute Gasteiger partial charge is 0.356 e. The minimum atomic E-state index is -0.0570. The Kier molecular flexibility index (Phi) is 2.15. The standard InChI is InChI=1S/C9H13N3O/c10-11-8-5-4-7-3-1-2-6-12(7)9(8)13/h7H,1-6H2/t7-/m1/s1. The number of carbonyl (C=O) groups is 1. The molecular weight excluding hydrogens is 166 g/mol. The zero-order valence-electron chi connectivity index (χ0n) is 7.57. The first-order chi connectivity index (χ1) is 6.33. The average molecular weight is 179 g/mol. The van der Waals surface area contributed by atoms with E-state index in [4.69, 9.17) is 5.53 Å². The van der Waals surface area contributed by atoms with Crippen molar-refractivity contribution in [3.8, 4) is 0 Å². The van der Waals surface area contributed by atoms with Gasteiger partial charge in [-0.3, -0.25) is 4.79 Å². The Hall–Kier alpha value is -1.15. The first-order valence-electron chi connectivity index (χ1n) is 4.85. The van der Waals surface area contributed by atoms with E-state index in [2.05, 4.69) is 4.79 Å². The van der Waals surface area contributed by atoms with E-state index in [0.717, 1.165) is 25.8 Å². The quantitative estimate of drug-likeness (QED) is 0.401. The van der Waals surface area contributed by atoms with Crippen molar-refractivity contribution in [1.82, 2.24) is 4.90 Å². The Balaban J connectivity index is 2.19. The maximum atomic E-state index is 11.6. The van der Waals surface area contributed by atoms with Crippen LogP contribution in [0.4, 0.5) is 0 Å². The van der Waals surface area contributed by atoms with Crippen molar-refractivity contribution in [2.75, 3.05) is 6.54 Å². The molecule has 0 unspecified atom stereocenters. The van der Waals surface area contributed by atoms with E-state index in [1.807, 2.05) is 4.90 Å². The third-order valence-corrected chi connectivity index (χ3v) is 2.97. The van der Waals surface area contributed by atoms with Gasteiger partial charge in [0.2, 0.25) is 0 Å². The van der Waals surface area contributed by atoms with Crippen LogP contribution in [0.15, 0.2) is 0 Å². The molecule has 0 aromatic rings. The lowest BCUT2D eigenvalue weighted by Crippen LogP contribution is -2.50. The van der Waals surface area contributed by atoms with E-state index < -0.39 is 0 Å². The van der Waals surface area contributed by atoms with E-state index in [0.29, 0.717) is 18.2 Å². The molecule has 2 aliphatic rings. The van der Waals surface area contributed by atoms with Crippen molar-refractivity contribution < 1.29 is 9.58 Å². The molecule has 2 fully saturated rings. The van der Waals surface area contributed by atoms with Crippen molar-refractivity contribution in [3.05, 3.63) is 5.53 Å². The fourth-order valence-corrected chi connectivity index (χ4v) is 2.24. The molecule has 1 atom stereocenters. The zero-order valence-corrected chi connectivity index (χ0v) is 7.57. The summed E-state index contributed by atoms with van der Waals surface area (Å²) < 4.78 is 0. The van der Waals surface area contributed by atoms with Crippen molar-refractivity contribution in [2.45, 2.75) is 38.1 Å². The highest BCUT2D eigenvalue weighted by atomic mass is 16.2. The van der Waals surface area contributed by atoms with E-state index >= 15 is 0 Å². The maximum Gasteiger partial charge on any atom is 0.356 e. The van der Waals surface area contributed by atoms with Gasteiger partial charge in [-0.05, 0) is 25.7 Å². The number of hydrogen-bond acceptors (Lipinski definition) is 1. The Labute approximate surface area is 77.2 Å². The van der Waals surface area contributed by atoms with E-state index in [9.17, 15) is 4.79 Å². The minimum Gasteiger partial charge on any atom is -0.361 e. The van der Waals surface area contributed by atoms with Crippen LogP contribution in [0.3, 0.4) is 0 Å². The molecule has 2 aliphatic heterocycles. The fraction of sp³-hybridized carbons (Fsp3) is 0.778. The lowest BCUT2D eigenvalue weighted by Gasteiger charge is -2.37. The second-order valence-corrected chi connectivity index (χ2v) is 3.73. The van der Waals surface area contributed by atoms with E-state index in [1.54, 1.807) is 0 Å². The molecule has 0 aromatic heterocycles. The molecule has 0 bridgehead atoms. The van der Waals surface area contributed by atoms with Gasteiger partial charge in [-0.2, -0.15) is 4.79 Å². The summed E-state index contributed by atoms with van der Waals surface area (Å²) in [6.07, 6.45) is 5.02. The van der Waals surface area contributed by atoms with Gasteiger partial charge in [0.15, 0.2) is 0 Å². The second-order valence-electron chi connectivity index (χ2n) is 3.73. The Morgan fingerprint density at radius 2 is 2.23 bits per heavy atom. The van der Waals surface area contributed by atoms with Crippen LogP contribution < -0.4 is 0 Å². The van der Waals surface area contributed by atoms with Crippen LogP contribution in [0.2, 0.25) is 0 Å². The van der Waals surface area contributed by atoms with Crippen LogP contribution in [0.5, 0.6) is 0 Å². The van der Waals surface area contributed by atoms with Gasteiger partial charge in [0.25, 0.3) is 0 Å². The van der Waals surface area contributed by atoms with Crippen LogP contribution in [0.1, 0.15) is 32.1 Å². The number of fused-ring (bicyclic) bond motifs is 1. The number of piperidine rings is 2. The Morgan fingerprint density at radius 1 is 1.38 bits per heavy atom. The van der Waals surface area contributed by atoms with Gasteiger partial charge in [-0.25, -0.2) is 0 Å². The Bertz CT molecular complexity index is 281. The van der Waals surface area contributed by atoms with Crippen LogP contribution in [-0.4, -0.2) is 33.9 Å². The zero-order chi connectivity index (χ0) is 9.26. The summed E-state index contributed by atoms with van der Waals surface area (Å²) in [5, 5.41) is 0. The summed E-state index contributed by atoms with van der Waals surface area (Å²) in [6, 6.07) is 0.409. The molecule has 0 N–H and O–H groups in total.